The average molecular weight is 531 g/mol. The predicted molar refractivity (Wildman–Crippen MR) is 161 cm³/mol. The first-order chi connectivity index (χ1) is 18.0. The number of amides is 1. The molecule has 1 aromatic carbocycles. The number of aromatic hydroxyl groups is 1. The van der Waals surface area contributed by atoms with E-state index in [0.29, 0.717) is 18.5 Å². The number of nitrogens with two attached hydrogens (primary N) is 1. The number of nitrogens with one attached hydrogen (secondary N) is 1. The van der Waals surface area contributed by atoms with Gasteiger partial charge in [-0.25, -0.2) is 4.79 Å². The predicted octanol–water partition coefficient (Wildman–Crippen LogP) is 8.20. The molecule has 0 saturated carbocycles. The highest BCUT2D eigenvalue weighted by atomic mass is 32.2. The third-order valence-corrected chi connectivity index (χ3v) is 4.44. The van der Waals surface area contributed by atoms with Crippen LogP contribution < -0.4 is 10.5 Å². The van der Waals surface area contributed by atoms with Gasteiger partial charge in [0.2, 0.25) is 5.91 Å². The molecule has 206 valence electrons. The van der Waals surface area contributed by atoms with Crippen molar-refractivity contribution >= 4 is 29.5 Å². The summed E-state index contributed by atoms with van der Waals surface area (Å²) in [7, 11) is 0. The van der Waals surface area contributed by atoms with Gasteiger partial charge in [-0.3, -0.25) is 9.93 Å². The highest BCUT2D eigenvalue weighted by Gasteiger charge is 2.11. The first kappa shape index (κ1) is 36.1. The summed E-state index contributed by atoms with van der Waals surface area (Å²) in [5.74, 6) is -1.75. The zero-order valence-corrected chi connectivity index (χ0v) is 23.7. The fourth-order valence-corrected chi connectivity index (χ4v) is 2.76. The number of carbonyl (C=O) groups excluding carboxylic acids is 1. The van der Waals surface area contributed by atoms with Crippen molar-refractivity contribution < 1.29 is 19.8 Å². The van der Waals surface area contributed by atoms with Crippen molar-refractivity contribution in [3.63, 3.8) is 0 Å². The van der Waals surface area contributed by atoms with Gasteiger partial charge < -0.3 is 15.5 Å². The second-order valence-electron chi connectivity index (χ2n) is 7.42. The molecule has 0 bridgehead atoms. The van der Waals surface area contributed by atoms with Crippen LogP contribution in [0.3, 0.4) is 0 Å². The topological polar surface area (TPSA) is 113 Å². The van der Waals surface area contributed by atoms with Gasteiger partial charge >= 0.3 is 5.97 Å². The van der Waals surface area contributed by atoms with E-state index in [-0.39, 0.29) is 17.2 Å². The third-order valence-electron chi connectivity index (χ3n) is 4.44. The van der Waals surface area contributed by atoms with E-state index >= 15 is 0 Å². The Balaban J connectivity index is 0. The number of carboxylic acid groups (broad SMARTS) is 1. The fraction of sp³-hybridized carbons (Fsp3) is 0.400. The number of anilines is 1. The second-order valence-corrected chi connectivity index (χ2v) is 7.89. The lowest BCUT2D eigenvalue weighted by atomic mass is 10.1. The molecule has 0 aromatic heterocycles. The van der Waals surface area contributed by atoms with Gasteiger partial charge in [-0.1, -0.05) is 93.5 Å². The number of carboxylic acids is 1. The van der Waals surface area contributed by atoms with Gasteiger partial charge in [0, 0.05) is 12.1 Å². The van der Waals surface area contributed by atoms with Crippen LogP contribution in [0.4, 0.5) is 5.69 Å². The number of hydrogen-bond acceptors (Lipinski definition) is 5. The van der Waals surface area contributed by atoms with E-state index in [1.54, 1.807) is 0 Å². The molecule has 0 radical (unpaired) electrons. The van der Waals surface area contributed by atoms with Crippen LogP contribution in [0.5, 0.6) is 5.75 Å². The minimum absolute atomic E-state index is 0.181. The molecule has 1 amide bonds. The van der Waals surface area contributed by atoms with E-state index in [4.69, 9.17) is 10.2 Å². The number of hydrogen-bond donors (Lipinski definition) is 4. The Bertz CT molecular complexity index is 874. The van der Waals surface area contributed by atoms with Gasteiger partial charge in [-0.05, 0) is 69.4 Å². The molecule has 1 rings (SSSR count). The lowest BCUT2D eigenvalue weighted by molar-refractivity contribution is -0.116. The highest BCUT2D eigenvalue weighted by Crippen LogP contribution is 2.21. The minimum Gasteiger partial charge on any atom is -0.507 e. The highest BCUT2D eigenvalue weighted by molar-refractivity contribution is 7.96. The summed E-state index contributed by atoms with van der Waals surface area (Å²) in [5.41, 5.74) is 0.127. The normalized spacial score (nSPS) is 11.2. The summed E-state index contributed by atoms with van der Waals surface area (Å²) in [6.45, 7) is 6.14. The molecule has 37 heavy (non-hydrogen) atoms. The Kier molecular flexibility index (Phi) is 26.9. The van der Waals surface area contributed by atoms with Crippen LogP contribution >= 0.6 is 11.9 Å². The van der Waals surface area contributed by atoms with Crippen LogP contribution in [-0.2, 0) is 4.79 Å². The Morgan fingerprint density at radius 1 is 0.892 bits per heavy atom. The van der Waals surface area contributed by atoms with Crippen LogP contribution in [0, 0.1) is 0 Å². The smallest absolute Gasteiger partial charge is 0.339 e. The van der Waals surface area contributed by atoms with Crippen LogP contribution in [-0.4, -0.2) is 28.3 Å². The molecule has 0 spiro atoms. The van der Waals surface area contributed by atoms with Crippen molar-refractivity contribution in [3.05, 3.63) is 84.5 Å². The van der Waals surface area contributed by atoms with E-state index in [1.165, 1.54) is 30.1 Å². The maximum Gasteiger partial charge on any atom is 0.339 e. The van der Waals surface area contributed by atoms with Crippen LogP contribution in [0.1, 0.15) is 82.5 Å². The Labute approximate surface area is 228 Å². The van der Waals surface area contributed by atoms with Crippen LogP contribution in [0.2, 0.25) is 0 Å². The molecule has 0 saturated heterocycles. The van der Waals surface area contributed by atoms with Gasteiger partial charge in [-0.15, -0.1) is 0 Å². The van der Waals surface area contributed by atoms with Crippen molar-refractivity contribution in [2.24, 2.45) is 5.14 Å². The molecule has 0 aliphatic rings. The number of phenols is 1. The standard InChI is InChI=1S/C27H35NO4.C2H6.CH5NS/c1-2-3-4-5-6-7-8-9-10-11-12-13-14-15-16-17-18-19-26(30)28-23-20-21-25(29)24(22-23)27(31)32;1-2;1-3-2/h3-4,6-7,9-10,12-13,15-16,20-22,29H,2,5,8,11,14,17-19H2,1H3,(H,28,30)(H,31,32);1-2H3;2H2,1H3/b4-3-,7-6-,10-9-,13-12-,16-15-;;. The molecule has 0 atom stereocenters. The van der Waals surface area contributed by atoms with Gasteiger partial charge in [0.15, 0.2) is 0 Å². The van der Waals surface area contributed by atoms with E-state index in [2.05, 4.69) is 73.0 Å². The number of aromatic carboxylic acids is 1. The van der Waals surface area contributed by atoms with Gasteiger partial charge in [0.1, 0.15) is 11.3 Å². The quantitative estimate of drug-likeness (QED) is 0.0786. The van der Waals surface area contributed by atoms with Crippen molar-refractivity contribution in [2.45, 2.75) is 72.1 Å². The molecular weight excluding hydrogens is 484 g/mol. The van der Waals surface area contributed by atoms with E-state index in [9.17, 15) is 14.7 Å². The zero-order valence-electron chi connectivity index (χ0n) is 22.9. The molecule has 5 N–H and O–H groups in total. The summed E-state index contributed by atoms with van der Waals surface area (Å²) >= 11 is 1.25. The van der Waals surface area contributed by atoms with E-state index in [1.807, 2.05) is 20.1 Å². The maximum atomic E-state index is 12.0. The summed E-state index contributed by atoms with van der Waals surface area (Å²) in [6.07, 6.45) is 30.0. The fourth-order valence-electron chi connectivity index (χ4n) is 2.76. The number of allylic oxidation sites excluding steroid dienone is 10. The van der Waals surface area contributed by atoms with Gasteiger partial charge in [0.05, 0.1) is 0 Å². The monoisotopic (exact) mass is 530 g/mol. The Hall–Kier alpha value is -3.03. The maximum absolute atomic E-state index is 12.0. The summed E-state index contributed by atoms with van der Waals surface area (Å²) in [4.78, 5) is 23.0. The van der Waals surface area contributed by atoms with E-state index < -0.39 is 5.97 Å². The number of unbranched alkanes of at least 4 members (excludes halogenated alkanes) is 1. The average Bonchev–Trinajstić information content (AvgIpc) is 2.88. The molecule has 0 aliphatic carbocycles. The van der Waals surface area contributed by atoms with Crippen LogP contribution in [0.15, 0.2) is 79.0 Å². The molecule has 1 aromatic rings. The second kappa shape index (κ2) is 27.6. The molecular formula is C30H46N2O4S. The first-order valence-corrected chi connectivity index (χ1v) is 14.1. The molecule has 0 aliphatic heterocycles. The summed E-state index contributed by atoms with van der Waals surface area (Å²) < 4.78 is 0. The SMILES string of the molecule is CC.CC/C=C\C/C=C\C/C=C\C/C=C\C/C=C\CCCC(=O)Nc1ccc(O)c(C(=O)O)c1.CSN. The number of rotatable bonds is 15. The molecule has 6 nitrogen and oxygen atoms in total. The lowest BCUT2D eigenvalue weighted by Crippen LogP contribution is -2.11. The van der Waals surface area contributed by atoms with E-state index in [0.717, 1.165) is 38.5 Å². The largest absolute Gasteiger partial charge is 0.507 e. The molecule has 0 fully saturated rings. The molecule has 0 heterocycles. The Morgan fingerprint density at radius 3 is 1.81 bits per heavy atom. The van der Waals surface area contributed by atoms with Gasteiger partial charge in [-0.2, -0.15) is 0 Å². The number of benzene rings is 1. The zero-order chi connectivity index (χ0) is 28.2. The number of carbonyl (C=O) groups is 2. The van der Waals surface area contributed by atoms with Crippen molar-refractivity contribution in [3.8, 4) is 5.75 Å². The summed E-state index contributed by atoms with van der Waals surface area (Å²) in [5, 5.41) is 25.9. The summed E-state index contributed by atoms with van der Waals surface area (Å²) in [6, 6.07) is 3.99. The van der Waals surface area contributed by atoms with Crippen LogP contribution in [0.25, 0.3) is 0 Å². The first-order valence-electron chi connectivity index (χ1n) is 12.8. The van der Waals surface area contributed by atoms with Gasteiger partial charge in [0.25, 0.3) is 0 Å². The Morgan fingerprint density at radius 2 is 1.35 bits per heavy atom. The molecule has 0 unspecified atom stereocenters. The van der Waals surface area contributed by atoms with Crippen molar-refractivity contribution in [2.75, 3.05) is 11.6 Å². The third kappa shape index (κ3) is 23.1. The lowest BCUT2D eigenvalue weighted by Gasteiger charge is -2.06. The molecule has 7 heteroatoms. The van der Waals surface area contributed by atoms with Crippen molar-refractivity contribution in [1.29, 1.82) is 0 Å². The minimum atomic E-state index is -1.24. The van der Waals surface area contributed by atoms with Crippen molar-refractivity contribution in [1.82, 2.24) is 0 Å².